The first kappa shape index (κ1) is 15.5. The van der Waals surface area contributed by atoms with Gasteiger partial charge in [-0.05, 0) is 42.5 Å². The monoisotopic (exact) mass is 325 g/mol. The molecule has 0 aliphatic rings. The van der Waals surface area contributed by atoms with Crippen molar-refractivity contribution in [2.45, 2.75) is 0 Å². The SMILES string of the molecule is O=C(O)c1cc(Cl)ccc1NCCOc1ccc(Cl)cc1. The number of hydrogen-bond donors (Lipinski definition) is 2. The van der Waals surface area contributed by atoms with Crippen molar-refractivity contribution in [1.29, 1.82) is 0 Å². The van der Waals surface area contributed by atoms with Gasteiger partial charge in [-0.1, -0.05) is 23.2 Å². The predicted molar refractivity (Wildman–Crippen MR) is 83.8 cm³/mol. The Labute approximate surface area is 132 Å². The van der Waals surface area contributed by atoms with Crippen molar-refractivity contribution in [2.75, 3.05) is 18.5 Å². The Morgan fingerprint density at radius 1 is 1.10 bits per heavy atom. The summed E-state index contributed by atoms with van der Waals surface area (Å²) in [5, 5.41) is 13.2. The van der Waals surface area contributed by atoms with Crippen LogP contribution in [0.25, 0.3) is 0 Å². The van der Waals surface area contributed by atoms with Gasteiger partial charge in [-0.2, -0.15) is 0 Å². The lowest BCUT2D eigenvalue weighted by atomic mass is 10.2. The Morgan fingerprint density at radius 3 is 2.43 bits per heavy atom. The van der Waals surface area contributed by atoms with E-state index in [2.05, 4.69) is 5.32 Å². The van der Waals surface area contributed by atoms with Gasteiger partial charge in [0, 0.05) is 22.3 Å². The van der Waals surface area contributed by atoms with Crippen LogP contribution >= 0.6 is 23.2 Å². The fourth-order valence-electron chi connectivity index (χ4n) is 1.73. The number of carbonyl (C=O) groups is 1. The molecule has 4 nitrogen and oxygen atoms in total. The van der Waals surface area contributed by atoms with Crippen molar-refractivity contribution in [3.63, 3.8) is 0 Å². The summed E-state index contributed by atoms with van der Waals surface area (Å²) >= 11 is 11.6. The van der Waals surface area contributed by atoms with Crippen LogP contribution in [0.15, 0.2) is 42.5 Å². The van der Waals surface area contributed by atoms with E-state index in [4.69, 9.17) is 33.0 Å². The molecule has 2 rings (SSSR count). The number of carboxylic acids is 1. The normalized spacial score (nSPS) is 10.2. The average molecular weight is 326 g/mol. The molecule has 21 heavy (non-hydrogen) atoms. The molecule has 6 heteroatoms. The summed E-state index contributed by atoms with van der Waals surface area (Å²) in [6.45, 7) is 0.855. The Morgan fingerprint density at radius 2 is 1.76 bits per heavy atom. The zero-order chi connectivity index (χ0) is 15.2. The smallest absolute Gasteiger partial charge is 0.337 e. The molecule has 0 aliphatic heterocycles. The molecule has 0 saturated carbocycles. The van der Waals surface area contributed by atoms with Gasteiger partial charge < -0.3 is 15.2 Å². The Bertz CT molecular complexity index is 629. The predicted octanol–water partition coefficient (Wildman–Crippen LogP) is 4.18. The van der Waals surface area contributed by atoms with Gasteiger partial charge in [-0.3, -0.25) is 0 Å². The third-order valence-electron chi connectivity index (χ3n) is 2.71. The van der Waals surface area contributed by atoms with Crippen LogP contribution < -0.4 is 10.1 Å². The Hall–Kier alpha value is -1.91. The second-order valence-electron chi connectivity index (χ2n) is 4.22. The zero-order valence-electron chi connectivity index (χ0n) is 11.0. The highest BCUT2D eigenvalue weighted by Crippen LogP contribution is 2.20. The van der Waals surface area contributed by atoms with Crippen molar-refractivity contribution in [3.05, 3.63) is 58.1 Å². The van der Waals surface area contributed by atoms with E-state index < -0.39 is 5.97 Å². The number of rotatable bonds is 6. The van der Waals surface area contributed by atoms with Gasteiger partial charge in [0.05, 0.1) is 5.56 Å². The maximum Gasteiger partial charge on any atom is 0.337 e. The van der Waals surface area contributed by atoms with Crippen LogP contribution in [0.5, 0.6) is 5.75 Å². The molecule has 2 N–H and O–H groups in total. The summed E-state index contributed by atoms with van der Waals surface area (Å²) in [5.41, 5.74) is 0.639. The average Bonchev–Trinajstić information content (AvgIpc) is 2.46. The lowest BCUT2D eigenvalue weighted by Gasteiger charge is -2.11. The van der Waals surface area contributed by atoms with Gasteiger partial charge in [-0.25, -0.2) is 4.79 Å². The van der Waals surface area contributed by atoms with Crippen LogP contribution in [0, 0.1) is 0 Å². The molecule has 0 unspecified atom stereocenters. The van der Waals surface area contributed by atoms with Crippen LogP contribution in [-0.2, 0) is 0 Å². The van der Waals surface area contributed by atoms with E-state index in [0.29, 0.717) is 34.6 Å². The van der Waals surface area contributed by atoms with Gasteiger partial charge in [0.1, 0.15) is 12.4 Å². The second kappa shape index (κ2) is 7.20. The first-order chi connectivity index (χ1) is 10.1. The standard InChI is InChI=1S/C15H13Cl2NO3/c16-10-1-4-12(5-2-10)21-8-7-18-14-6-3-11(17)9-13(14)15(19)20/h1-6,9,18H,7-8H2,(H,19,20). The van der Waals surface area contributed by atoms with Gasteiger partial charge in [0.15, 0.2) is 0 Å². The van der Waals surface area contributed by atoms with E-state index in [0.717, 1.165) is 0 Å². The van der Waals surface area contributed by atoms with Gasteiger partial charge in [0.2, 0.25) is 0 Å². The molecule has 0 spiro atoms. The van der Waals surface area contributed by atoms with Crippen molar-refractivity contribution >= 4 is 34.9 Å². The topological polar surface area (TPSA) is 58.6 Å². The molecule has 0 heterocycles. The highest BCUT2D eigenvalue weighted by Gasteiger charge is 2.10. The lowest BCUT2D eigenvalue weighted by Crippen LogP contribution is -2.13. The second-order valence-corrected chi connectivity index (χ2v) is 5.10. The summed E-state index contributed by atoms with van der Waals surface area (Å²) in [6.07, 6.45) is 0. The summed E-state index contributed by atoms with van der Waals surface area (Å²) in [4.78, 5) is 11.1. The summed E-state index contributed by atoms with van der Waals surface area (Å²) in [5.74, 6) is -0.325. The molecule has 0 bridgehead atoms. The fraction of sp³-hybridized carbons (Fsp3) is 0.133. The van der Waals surface area contributed by atoms with Crippen LogP contribution in [0.4, 0.5) is 5.69 Å². The maximum absolute atomic E-state index is 11.1. The summed E-state index contributed by atoms with van der Waals surface area (Å²) < 4.78 is 5.51. The minimum Gasteiger partial charge on any atom is -0.492 e. The Balaban J connectivity index is 1.89. The molecule has 2 aromatic rings. The van der Waals surface area contributed by atoms with Crippen LogP contribution in [0.2, 0.25) is 10.0 Å². The van der Waals surface area contributed by atoms with Crippen molar-refractivity contribution < 1.29 is 14.6 Å². The van der Waals surface area contributed by atoms with E-state index in [-0.39, 0.29) is 5.56 Å². The first-order valence-electron chi connectivity index (χ1n) is 6.21. The maximum atomic E-state index is 11.1. The third kappa shape index (κ3) is 4.55. The number of benzene rings is 2. The molecule has 0 fully saturated rings. The molecule has 0 aromatic heterocycles. The molecule has 0 amide bonds. The fourth-order valence-corrected chi connectivity index (χ4v) is 2.03. The molecule has 0 atom stereocenters. The zero-order valence-corrected chi connectivity index (χ0v) is 12.5. The van der Waals surface area contributed by atoms with E-state index in [9.17, 15) is 4.79 Å². The summed E-state index contributed by atoms with van der Waals surface area (Å²) in [6, 6.07) is 11.7. The number of nitrogens with one attached hydrogen (secondary N) is 1. The van der Waals surface area contributed by atoms with Crippen molar-refractivity contribution in [1.82, 2.24) is 0 Å². The Kier molecular flexibility index (Phi) is 5.31. The quantitative estimate of drug-likeness (QED) is 0.782. The largest absolute Gasteiger partial charge is 0.492 e. The molecular weight excluding hydrogens is 313 g/mol. The van der Waals surface area contributed by atoms with E-state index in [1.165, 1.54) is 6.07 Å². The number of aromatic carboxylic acids is 1. The number of halogens is 2. The van der Waals surface area contributed by atoms with Gasteiger partial charge in [-0.15, -0.1) is 0 Å². The first-order valence-corrected chi connectivity index (χ1v) is 6.97. The minimum atomic E-state index is -1.03. The minimum absolute atomic E-state index is 0.133. The van der Waals surface area contributed by atoms with Crippen molar-refractivity contribution in [2.24, 2.45) is 0 Å². The molecule has 110 valence electrons. The van der Waals surface area contributed by atoms with E-state index in [1.54, 1.807) is 36.4 Å². The number of carboxylic acid groups (broad SMARTS) is 1. The van der Waals surface area contributed by atoms with Crippen LogP contribution in [0.1, 0.15) is 10.4 Å². The van der Waals surface area contributed by atoms with Crippen LogP contribution in [-0.4, -0.2) is 24.2 Å². The van der Waals surface area contributed by atoms with Crippen molar-refractivity contribution in [3.8, 4) is 5.75 Å². The number of hydrogen-bond acceptors (Lipinski definition) is 3. The van der Waals surface area contributed by atoms with E-state index >= 15 is 0 Å². The summed E-state index contributed by atoms with van der Waals surface area (Å²) in [7, 11) is 0. The molecule has 0 saturated heterocycles. The van der Waals surface area contributed by atoms with Gasteiger partial charge in [0.25, 0.3) is 0 Å². The molecule has 0 aliphatic carbocycles. The third-order valence-corrected chi connectivity index (χ3v) is 3.20. The van der Waals surface area contributed by atoms with Gasteiger partial charge >= 0.3 is 5.97 Å². The lowest BCUT2D eigenvalue weighted by molar-refractivity contribution is 0.0698. The number of anilines is 1. The van der Waals surface area contributed by atoms with E-state index in [1.807, 2.05) is 0 Å². The highest BCUT2D eigenvalue weighted by molar-refractivity contribution is 6.31. The highest BCUT2D eigenvalue weighted by atomic mass is 35.5. The molecule has 0 radical (unpaired) electrons. The molecular formula is C15H13Cl2NO3. The molecule has 2 aromatic carbocycles. The van der Waals surface area contributed by atoms with Crippen LogP contribution in [0.3, 0.4) is 0 Å². The number of ether oxygens (including phenoxy) is 1.